The maximum Gasteiger partial charge on any atom is 0.251 e. The van der Waals surface area contributed by atoms with Gasteiger partial charge in [-0.25, -0.2) is 9.97 Å². The second-order valence-electron chi connectivity index (χ2n) is 11.1. The number of rotatable bonds is 5. The van der Waals surface area contributed by atoms with Crippen LogP contribution in [0.2, 0.25) is 0 Å². The van der Waals surface area contributed by atoms with E-state index in [0.717, 1.165) is 82.0 Å². The van der Waals surface area contributed by atoms with Crippen molar-refractivity contribution in [3.63, 3.8) is 0 Å². The van der Waals surface area contributed by atoms with Crippen molar-refractivity contribution in [2.45, 2.75) is 76.0 Å². The van der Waals surface area contributed by atoms with Crippen LogP contribution in [-0.4, -0.2) is 69.6 Å². The number of aliphatic hydroxyl groups is 1. The van der Waals surface area contributed by atoms with E-state index in [9.17, 15) is 14.7 Å². The van der Waals surface area contributed by atoms with Crippen LogP contribution in [0.5, 0.6) is 0 Å². The van der Waals surface area contributed by atoms with Gasteiger partial charge in [-0.1, -0.05) is 12.1 Å². The number of hydrogen-bond acceptors (Lipinski definition) is 6. The number of amides is 2. The third kappa shape index (κ3) is 4.59. The lowest BCUT2D eigenvalue weighted by Crippen LogP contribution is -2.50. The number of nitrogens with zero attached hydrogens (tertiary/aromatic N) is 4. The fourth-order valence-electron chi connectivity index (χ4n) is 6.19. The Morgan fingerprint density at radius 1 is 0.944 bits per heavy atom. The monoisotopic (exact) mass is 489 g/mol. The van der Waals surface area contributed by atoms with Gasteiger partial charge in [0.15, 0.2) is 0 Å². The van der Waals surface area contributed by atoms with Crippen molar-refractivity contribution in [3.8, 4) is 11.1 Å². The summed E-state index contributed by atoms with van der Waals surface area (Å²) >= 11 is 0. The van der Waals surface area contributed by atoms with Crippen molar-refractivity contribution < 1.29 is 14.7 Å². The highest BCUT2D eigenvalue weighted by Crippen LogP contribution is 2.43. The van der Waals surface area contributed by atoms with Crippen molar-refractivity contribution in [2.24, 2.45) is 5.41 Å². The molecule has 6 rings (SSSR count). The molecule has 8 heteroatoms. The van der Waals surface area contributed by atoms with E-state index in [1.807, 2.05) is 36.7 Å². The molecule has 36 heavy (non-hydrogen) atoms. The first kappa shape index (κ1) is 23.4. The van der Waals surface area contributed by atoms with Gasteiger partial charge in [-0.15, -0.1) is 0 Å². The average molecular weight is 490 g/mol. The van der Waals surface area contributed by atoms with Crippen LogP contribution in [0.1, 0.15) is 68.1 Å². The molecule has 1 aromatic carbocycles. The molecule has 2 saturated carbocycles. The van der Waals surface area contributed by atoms with Gasteiger partial charge in [-0.2, -0.15) is 0 Å². The number of nitrogens with one attached hydrogen (secondary N) is 1. The molecule has 2 amide bonds. The number of carbonyl (C=O) groups is 2. The van der Waals surface area contributed by atoms with E-state index in [2.05, 4.69) is 25.1 Å². The molecule has 4 aliphatic rings. The van der Waals surface area contributed by atoms with Crippen LogP contribution in [0.25, 0.3) is 11.1 Å². The zero-order valence-electron chi connectivity index (χ0n) is 20.7. The fraction of sp³-hybridized carbons (Fsp3) is 0.571. The SMILES string of the molecule is O=C(NC1CC1)c1ccc(-c2cnc(N3CCCC4(CCN([C@H]5CC[C@@H](O)CC5)C4=O)C3)nc2)cc1. The van der Waals surface area contributed by atoms with Gasteiger partial charge in [-0.05, 0) is 75.5 Å². The van der Waals surface area contributed by atoms with E-state index in [1.165, 1.54) is 0 Å². The van der Waals surface area contributed by atoms with Crippen LogP contribution in [0.3, 0.4) is 0 Å². The van der Waals surface area contributed by atoms with E-state index >= 15 is 0 Å². The summed E-state index contributed by atoms with van der Waals surface area (Å²) in [5.41, 5.74) is 2.20. The first-order chi connectivity index (χ1) is 17.5. The van der Waals surface area contributed by atoms with E-state index in [4.69, 9.17) is 0 Å². The van der Waals surface area contributed by atoms with Gasteiger partial charge >= 0.3 is 0 Å². The number of carbonyl (C=O) groups excluding carboxylic acids is 2. The molecule has 4 fully saturated rings. The third-order valence-corrected chi connectivity index (χ3v) is 8.54. The van der Waals surface area contributed by atoms with Gasteiger partial charge in [0.2, 0.25) is 11.9 Å². The molecule has 190 valence electrons. The zero-order valence-corrected chi connectivity index (χ0v) is 20.7. The Morgan fingerprint density at radius 2 is 1.67 bits per heavy atom. The summed E-state index contributed by atoms with van der Waals surface area (Å²) in [5.74, 6) is 0.942. The molecule has 3 heterocycles. The molecule has 1 aromatic heterocycles. The quantitative estimate of drug-likeness (QED) is 0.670. The van der Waals surface area contributed by atoms with Crippen molar-refractivity contribution >= 4 is 17.8 Å². The minimum absolute atomic E-state index is 0.0178. The fourth-order valence-corrected chi connectivity index (χ4v) is 6.19. The number of benzene rings is 1. The molecule has 8 nitrogen and oxygen atoms in total. The summed E-state index contributed by atoms with van der Waals surface area (Å²) in [5, 5.41) is 12.9. The van der Waals surface area contributed by atoms with Crippen LogP contribution < -0.4 is 10.2 Å². The highest BCUT2D eigenvalue weighted by molar-refractivity contribution is 5.95. The van der Waals surface area contributed by atoms with Gasteiger partial charge in [0.1, 0.15) is 0 Å². The van der Waals surface area contributed by atoms with Crippen LogP contribution in [0.4, 0.5) is 5.95 Å². The summed E-state index contributed by atoms with van der Waals surface area (Å²) < 4.78 is 0. The number of piperidine rings is 1. The number of likely N-dealkylation sites (tertiary alicyclic amines) is 1. The highest BCUT2D eigenvalue weighted by Gasteiger charge is 2.51. The van der Waals surface area contributed by atoms with Crippen molar-refractivity contribution in [2.75, 3.05) is 24.5 Å². The van der Waals surface area contributed by atoms with Crippen LogP contribution in [0.15, 0.2) is 36.7 Å². The van der Waals surface area contributed by atoms with E-state index in [-0.39, 0.29) is 29.4 Å². The Morgan fingerprint density at radius 3 is 2.36 bits per heavy atom. The smallest absolute Gasteiger partial charge is 0.251 e. The molecule has 1 unspecified atom stereocenters. The first-order valence-electron chi connectivity index (χ1n) is 13.5. The summed E-state index contributed by atoms with van der Waals surface area (Å²) in [7, 11) is 0. The van der Waals surface area contributed by atoms with Crippen molar-refractivity contribution in [3.05, 3.63) is 42.2 Å². The van der Waals surface area contributed by atoms with Crippen LogP contribution >= 0.6 is 0 Å². The Bertz CT molecular complexity index is 1110. The normalized spacial score (nSPS) is 28.5. The molecule has 1 spiro atoms. The third-order valence-electron chi connectivity index (χ3n) is 8.54. The minimum atomic E-state index is -0.340. The second-order valence-corrected chi connectivity index (χ2v) is 11.1. The van der Waals surface area contributed by atoms with Gasteiger partial charge in [0, 0.05) is 55.2 Å². The summed E-state index contributed by atoms with van der Waals surface area (Å²) in [6.07, 6.45) is 11.8. The number of anilines is 1. The number of aliphatic hydroxyl groups excluding tert-OH is 1. The maximum absolute atomic E-state index is 13.6. The molecule has 0 radical (unpaired) electrons. The highest BCUT2D eigenvalue weighted by atomic mass is 16.3. The molecule has 1 atom stereocenters. The van der Waals surface area contributed by atoms with Gasteiger partial charge < -0.3 is 20.2 Å². The Hall–Kier alpha value is -3.00. The average Bonchev–Trinajstić information content (AvgIpc) is 3.68. The molecular formula is C28H35N5O3. The van der Waals surface area contributed by atoms with E-state index < -0.39 is 0 Å². The molecule has 2 aliphatic carbocycles. The van der Waals surface area contributed by atoms with Gasteiger partial charge in [-0.3, -0.25) is 9.59 Å². The van der Waals surface area contributed by atoms with Crippen molar-refractivity contribution in [1.29, 1.82) is 0 Å². The van der Waals surface area contributed by atoms with Crippen LogP contribution in [-0.2, 0) is 4.79 Å². The van der Waals surface area contributed by atoms with E-state index in [1.54, 1.807) is 0 Å². The summed E-state index contributed by atoms with van der Waals surface area (Å²) in [6, 6.07) is 8.19. The topological polar surface area (TPSA) is 98.7 Å². The number of aromatic nitrogens is 2. The zero-order chi connectivity index (χ0) is 24.7. The molecule has 2 aromatic rings. The second kappa shape index (κ2) is 9.47. The molecule has 0 bridgehead atoms. The minimum Gasteiger partial charge on any atom is -0.393 e. The van der Waals surface area contributed by atoms with Gasteiger partial charge in [0.25, 0.3) is 5.91 Å². The summed E-state index contributed by atoms with van der Waals surface area (Å²) in [4.78, 5) is 39.4. The Labute approximate surface area is 212 Å². The van der Waals surface area contributed by atoms with E-state index in [0.29, 0.717) is 24.1 Å². The molecule has 2 N–H and O–H groups in total. The van der Waals surface area contributed by atoms with Gasteiger partial charge in [0.05, 0.1) is 11.5 Å². The lowest BCUT2D eigenvalue weighted by atomic mass is 9.78. The van der Waals surface area contributed by atoms with Crippen molar-refractivity contribution in [1.82, 2.24) is 20.2 Å². The Kier molecular flexibility index (Phi) is 6.15. The molecular weight excluding hydrogens is 454 g/mol. The molecule has 2 aliphatic heterocycles. The maximum atomic E-state index is 13.6. The standard InChI is InChI=1S/C28H35N5O3/c34-24-10-8-23(9-11-24)33-15-13-28(26(33)36)12-1-14-32(18-28)27-29-16-21(17-30-27)19-2-4-20(5-3-19)25(35)31-22-6-7-22/h2-5,16-17,22-24,34H,1,6-15,18H2,(H,31,35)/t23-,24+,28?. The summed E-state index contributed by atoms with van der Waals surface area (Å²) in [6.45, 7) is 2.35. The number of hydrogen-bond donors (Lipinski definition) is 2. The predicted molar refractivity (Wildman–Crippen MR) is 136 cm³/mol. The predicted octanol–water partition coefficient (Wildman–Crippen LogP) is 3.16. The largest absolute Gasteiger partial charge is 0.393 e. The lowest BCUT2D eigenvalue weighted by Gasteiger charge is -2.40. The van der Waals surface area contributed by atoms with Crippen LogP contribution in [0, 0.1) is 5.41 Å². The lowest BCUT2D eigenvalue weighted by molar-refractivity contribution is -0.139. The molecule has 2 saturated heterocycles. The first-order valence-corrected chi connectivity index (χ1v) is 13.5. The Balaban J connectivity index is 1.11.